The summed E-state index contributed by atoms with van der Waals surface area (Å²) in [5.74, 6) is 0.777. The number of ether oxygens (including phenoxy) is 2. The van der Waals surface area contributed by atoms with Gasteiger partial charge in [-0.05, 0) is 37.3 Å². The van der Waals surface area contributed by atoms with E-state index in [2.05, 4.69) is 0 Å². The van der Waals surface area contributed by atoms with Gasteiger partial charge in [-0.25, -0.2) is 4.79 Å². The molecule has 3 nitrogen and oxygen atoms in total. The van der Waals surface area contributed by atoms with Gasteiger partial charge in [0, 0.05) is 0 Å². The molecule has 0 saturated carbocycles. The highest BCUT2D eigenvalue weighted by molar-refractivity contribution is 5.91. The van der Waals surface area contributed by atoms with Gasteiger partial charge >= 0.3 is 5.97 Å². The Bertz CT molecular complexity index is 544. The molecule has 0 unspecified atom stereocenters. The molecule has 92 valence electrons. The standard InChI is InChI=1S/C15H14O3/c1-11-6-8-13(9-7-11)18-15(16)12-4-3-5-14(10-12)17-2/h3-10H,1-2H3. The van der Waals surface area contributed by atoms with Gasteiger partial charge in [-0.15, -0.1) is 0 Å². The van der Waals surface area contributed by atoms with Crippen molar-refractivity contribution in [1.82, 2.24) is 0 Å². The van der Waals surface area contributed by atoms with Crippen LogP contribution in [0.15, 0.2) is 48.5 Å². The number of carbonyl (C=O) groups excluding carboxylic acids is 1. The van der Waals surface area contributed by atoms with Gasteiger partial charge in [-0.3, -0.25) is 0 Å². The average molecular weight is 242 g/mol. The van der Waals surface area contributed by atoms with Crippen molar-refractivity contribution in [2.24, 2.45) is 0 Å². The molecule has 2 aromatic rings. The second-order valence-corrected chi connectivity index (χ2v) is 3.93. The van der Waals surface area contributed by atoms with Crippen molar-refractivity contribution in [3.05, 3.63) is 59.7 Å². The van der Waals surface area contributed by atoms with Gasteiger partial charge in [-0.1, -0.05) is 23.8 Å². The maximum absolute atomic E-state index is 11.9. The highest BCUT2D eigenvalue weighted by Crippen LogP contribution is 2.16. The molecule has 0 amide bonds. The second-order valence-electron chi connectivity index (χ2n) is 3.93. The molecule has 0 spiro atoms. The van der Waals surface area contributed by atoms with Crippen LogP contribution in [0.3, 0.4) is 0 Å². The molecule has 2 rings (SSSR count). The van der Waals surface area contributed by atoms with E-state index in [1.165, 1.54) is 0 Å². The summed E-state index contributed by atoms with van der Waals surface area (Å²) in [4.78, 5) is 11.9. The number of aryl methyl sites for hydroxylation is 1. The Morgan fingerprint density at radius 1 is 1.00 bits per heavy atom. The number of esters is 1. The maximum atomic E-state index is 11.9. The first-order valence-corrected chi connectivity index (χ1v) is 5.62. The zero-order chi connectivity index (χ0) is 13.0. The molecule has 3 heteroatoms. The fraction of sp³-hybridized carbons (Fsp3) is 0.133. The Morgan fingerprint density at radius 2 is 1.72 bits per heavy atom. The molecular formula is C15H14O3. The lowest BCUT2D eigenvalue weighted by Crippen LogP contribution is -2.08. The third-order valence-electron chi connectivity index (χ3n) is 2.54. The topological polar surface area (TPSA) is 35.5 Å². The van der Waals surface area contributed by atoms with E-state index in [4.69, 9.17) is 9.47 Å². The van der Waals surface area contributed by atoms with E-state index in [0.29, 0.717) is 17.1 Å². The van der Waals surface area contributed by atoms with Crippen molar-refractivity contribution in [3.63, 3.8) is 0 Å². The average Bonchev–Trinajstić information content (AvgIpc) is 2.41. The summed E-state index contributed by atoms with van der Waals surface area (Å²) in [6.45, 7) is 1.98. The van der Waals surface area contributed by atoms with Crippen LogP contribution in [0.25, 0.3) is 0 Å². The van der Waals surface area contributed by atoms with Gasteiger partial charge in [0.05, 0.1) is 12.7 Å². The van der Waals surface area contributed by atoms with Crippen LogP contribution in [-0.2, 0) is 0 Å². The van der Waals surface area contributed by atoms with Crippen molar-refractivity contribution in [3.8, 4) is 11.5 Å². The fourth-order valence-corrected chi connectivity index (χ4v) is 1.52. The van der Waals surface area contributed by atoms with E-state index < -0.39 is 5.97 Å². The summed E-state index contributed by atoms with van der Waals surface area (Å²) < 4.78 is 10.3. The van der Waals surface area contributed by atoms with E-state index in [9.17, 15) is 4.79 Å². The van der Waals surface area contributed by atoms with E-state index in [-0.39, 0.29) is 0 Å². The monoisotopic (exact) mass is 242 g/mol. The Balaban J connectivity index is 2.14. The van der Waals surface area contributed by atoms with Crippen LogP contribution in [-0.4, -0.2) is 13.1 Å². The molecule has 0 aromatic heterocycles. The van der Waals surface area contributed by atoms with E-state index >= 15 is 0 Å². The Morgan fingerprint density at radius 3 is 2.39 bits per heavy atom. The van der Waals surface area contributed by atoms with Gasteiger partial charge in [0.25, 0.3) is 0 Å². The van der Waals surface area contributed by atoms with E-state index in [1.807, 2.05) is 19.1 Å². The normalized spacial score (nSPS) is 9.89. The minimum absolute atomic E-state index is 0.391. The van der Waals surface area contributed by atoms with Crippen molar-refractivity contribution >= 4 is 5.97 Å². The lowest BCUT2D eigenvalue weighted by atomic mass is 10.2. The molecule has 0 aliphatic heterocycles. The molecule has 2 aromatic carbocycles. The highest BCUT2D eigenvalue weighted by Gasteiger charge is 2.09. The van der Waals surface area contributed by atoms with Gasteiger partial charge in [-0.2, -0.15) is 0 Å². The van der Waals surface area contributed by atoms with E-state index in [0.717, 1.165) is 5.56 Å². The predicted octanol–water partition coefficient (Wildman–Crippen LogP) is 3.22. The van der Waals surface area contributed by atoms with Crippen LogP contribution < -0.4 is 9.47 Å². The first-order valence-electron chi connectivity index (χ1n) is 5.62. The highest BCUT2D eigenvalue weighted by atomic mass is 16.5. The van der Waals surface area contributed by atoms with Crippen LogP contribution in [0.5, 0.6) is 11.5 Å². The van der Waals surface area contributed by atoms with Gasteiger partial charge in [0.15, 0.2) is 0 Å². The molecule has 0 heterocycles. The van der Waals surface area contributed by atoms with Crippen LogP contribution in [0.4, 0.5) is 0 Å². The second kappa shape index (κ2) is 5.36. The zero-order valence-electron chi connectivity index (χ0n) is 10.3. The fourth-order valence-electron chi connectivity index (χ4n) is 1.52. The van der Waals surface area contributed by atoms with Gasteiger partial charge in [0.1, 0.15) is 11.5 Å². The van der Waals surface area contributed by atoms with Crippen molar-refractivity contribution in [1.29, 1.82) is 0 Å². The zero-order valence-corrected chi connectivity index (χ0v) is 10.3. The number of rotatable bonds is 3. The molecular weight excluding hydrogens is 228 g/mol. The first kappa shape index (κ1) is 12.2. The van der Waals surface area contributed by atoms with Crippen LogP contribution in [0.1, 0.15) is 15.9 Å². The quantitative estimate of drug-likeness (QED) is 0.612. The number of hydrogen-bond donors (Lipinski definition) is 0. The minimum atomic E-state index is -0.391. The summed E-state index contributed by atoms with van der Waals surface area (Å²) in [6.07, 6.45) is 0. The lowest BCUT2D eigenvalue weighted by Gasteiger charge is -2.06. The lowest BCUT2D eigenvalue weighted by molar-refractivity contribution is 0.0734. The summed E-state index contributed by atoms with van der Waals surface area (Å²) in [6, 6.07) is 14.2. The smallest absolute Gasteiger partial charge is 0.343 e. The molecule has 18 heavy (non-hydrogen) atoms. The molecule has 0 saturated heterocycles. The first-order chi connectivity index (χ1) is 8.69. The molecule has 0 fully saturated rings. The number of benzene rings is 2. The van der Waals surface area contributed by atoms with Crippen LogP contribution >= 0.6 is 0 Å². The molecule has 0 bridgehead atoms. The molecule has 0 radical (unpaired) electrons. The third kappa shape index (κ3) is 2.88. The molecule has 0 aliphatic carbocycles. The SMILES string of the molecule is COc1cccc(C(=O)Oc2ccc(C)cc2)c1. The minimum Gasteiger partial charge on any atom is -0.497 e. The Kier molecular flexibility index (Phi) is 3.63. The van der Waals surface area contributed by atoms with Crippen LogP contribution in [0, 0.1) is 6.92 Å². The summed E-state index contributed by atoms with van der Waals surface area (Å²) >= 11 is 0. The largest absolute Gasteiger partial charge is 0.497 e. The Labute approximate surface area is 106 Å². The van der Waals surface area contributed by atoms with E-state index in [1.54, 1.807) is 43.5 Å². The number of methoxy groups -OCH3 is 1. The van der Waals surface area contributed by atoms with Crippen molar-refractivity contribution in [2.45, 2.75) is 6.92 Å². The summed E-state index contributed by atoms with van der Waals surface area (Å²) in [5, 5.41) is 0. The molecule has 0 atom stereocenters. The summed E-state index contributed by atoms with van der Waals surface area (Å²) in [7, 11) is 1.56. The maximum Gasteiger partial charge on any atom is 0.343 e. The van der Waals surface area contributed by atoms with Crippen LogP contribution in [0.2, 0.25) is 0 Å². The van der Waals surface area contributed by atoms with Gasteiger partial charge in [0.2, 0.25) is 0 Å². The predicted molar refractivity (Wildman–Crippen MR) is 69.1 cm³/mol. The number of carbonyl (C=O) groups is 1. The molecule has 0 N–H and O–H groups in total. The summed E-state index contributed by atoms with van der Waals surface area (Å²) in [5.41, 5.74) is 1.59. The van der Waals surface area contributed by atoms with Gasteiger partial charge < -0.3 is 9.47 Å². The molecule has 0 aliphatic rings. The third-order valence-corrected chi connectivity index (χ3v) is 2.54. The van der Waals surface area contributed by atoms with Crippen molar-refractivity contribution in [2.75, 3.05) is 7.11 Å². The number of hydrogen-bond acceptors (Lipinski definition) is 3. The Hall–Kier alpha value is -2.29. The van der Waals surface area contributed by atoms with Crippen molar-refractivity contribution < 1.29 is 14.3 Å².